The standard InChI is InChI=1S/C14H20N.BrH.Zn/c1-15(14-10-6-3-7-11-14)12-13-8-4-2-5-9-13;;/h4-5,8-9,14H,3,6-7,10-12H2,1H3;1H;/q-1;;+2/p-1. The molecule has 1 saturated carbocycles. The number of halogens is 1. The Balaban J connectivity index is 0.000000686. The number of nitrogens with zero attached hydrogens (tertiary/aromatic N) is 1. The second-order valence-corrected chi connectivity index (χ2v) is 4.62. The van der Waals surface area contributed by atoms with E-state index in [2.05, 4.69) is 43.8 Å². The van der Waals surface area contributed by atoms with Gasteiger partial charge in [0, 0.05) is 12.6 Å². The van der Waals surface area contributed by atoms with Gasteiger partial charge in [0.2, 0.25) is 0 Å². The minimum absolute atomic E-state index is 0.808. The van der Waals surface area contributed by atoms with Gasteiger partial charge in [0.15, 0.2) is 0 Å². The second-order valence-electron chi connectivity index (χ2n) is 4.62. The molecule has 3 heteroatoms. The van der Waals surface area contributed by atoms with E-state index >= 15 is 0 Å². The zero-order chi connectivity index (χ0) is 12.5. The van der Waals surface area contributed by atoms with Crippen LogP contribution in [0.1, 0.15) is 37.7 Å². The molecule has 90 valence electrons. The maximum absolute atomic E-state index is 3.07. The molecule has 0 radical (unpaired) electrons. The average Bonchev–Trinajstić information content (AvgIpc) is 2.43. The first-order chi connectivity index (χ1) is 8.36. The quantitative estimate of drug-likeness (QED) is 0.588. The van der Waals surface area contributed by atoms with E-state index in [1.165, 1.54) is 54.0 Å². The summed E-state index contributed by atoms with van der Waals surface area (Å²) in [5, 5.41) is 0. The third-order valence-electron chi connectivity index (χ3n) is 3.42. The van der Waals surface area contributed by atoms with Crippen LogP contribution in [0.5, 0.6) is 0 Å². The summed E-state index contributed by atoms with van der Waals surface area (Å²) in [4.78, 5) is 2.51. The molecule has 0 amide bonds. The van der Waals surface area contributed by atoms with E-state index in [4.69, 9.17) is 0 Å². The molecule has 0 unspecified atom stereocenters. The van der Waals surface area contributed by atoms with Crippen LogP contribution in [0.2, 0.25) is 0 Å². The Morgan fingerprint density at radius 3 is 2.41 bits per heavy atom. The minimum atomic E-state index is 0.808. The fourth-order valence-electron chi connectivity index (χ4n) is 2.47. The van der Waals surface area contributed by atoms with Gasteiger partial charge in [-0.2, -0.15) is 30.3 Å². The Morgan fingerprint density at radius 1 is 1.24 bits per heavy atom. The molecule has 1 aliphatic rings. The number of rotatable bonds is 3. The summed E-state index contributed by atoms with van der Waals surface area (Å²) in [6, 6.07) is 12.2. The van der Waals surface area contributed by atoms with Crippen LogP contribution < -0.4 is 0 Å². The maximum atomic E-state index is 3.07. The Hall–Kier alpha value is 0.283. The van der Waals surface area contributed by atoms with Crippen molar-refractivity contribution >= 4 is 13.6 Å². The van der Waals surface area contributed by atoms with Crippen LogP contribution >= 0.6 is 13.6 Å². The van der Waals surface area contributed by atoms with Crippen LogP contribution in [0.4, 0.5) is 0 Å². The van der Waals surface area contributed by atoms with Crippen molar-refractivity contribution in [2.45, 2.75) is 44.7 Å². The average molecular weight is 348 g/mol. The van der Waals surface area contributed by atoms with Crippen LogP contribution in [0.3, 0.4) is 0 Å². The van der Waals surface area contributed by atoms with Gasteiger partial charge in [-0.05, 0) is 19.9 Å². The Bertz CT molecular complexity index is 286. The summed E-state index contributed by atoms with van der Waals surface area (Å²) in [5.74, 6) is 0. The molecule has 0 aromatic heterocycles. The SMILES string of the molecule is CN(Cc1cc[c-]cc1)C1CCCCC1.[Zn+][Br]. The fourth-order valence-corrected chi connectivity index (χ4v) is 2.47. The molecule has 1 aliphatic carbocycles. The van der Waals surface area contributed by atoms with E-state index in [1.807, 2.05) is 12.1 Å². The number of hydrogen-bond donors (Lipinski definition) is 0. The van der Waals surface area contributed by atoms with Crippen LogP contribution in [0.25, 0.3) is 0 Å². The summed E-state index contributed by atoms with van der Waals surface area (Å²) in [5.41, 5.74) is 1.40. The van der Waals surface area contributed by atoms with Crippen LogP contribution in [-0.2, 0) is 22.9 Å². The Labute approximate surface area is 122 Å². The van der Waals surface area contributed by atoms with E-state index in [0.717, 1.165) is 12.6 Å². The van der Waals surface area contributed by atoms with E-state index in [9.17, 15) is 0 Å². The molecular formula is C14H20BrNZn. The van der Waals surface area contributed by atoms with Gasteiger partial charge in [-0.15, -0.1) is 5.56 Å². The first kappa shape index (κ1) is 15.3. The van der Waals surface area contributed by atoms with Gasteiger partial charge >= 0.3 is 30.0 Å². The summed E-state index contributed by atoms with van der Waals surface area (Å²) >= 11 is 4.25. The molecule has 1 aromatic carbocycles. The molecule has 1 aromatic rings. The second kappa shape index (κ2) is 9.24. The first-order valence-corrected chi connectivity index (χ1v) is 13.2. The number of benzene rings is 1. The summed E-state index contributed by atoms with van der Waals surface area (Å²) in [6.07, 6.45) is 7.03. The molecule has 0 bridgehead atoms. The van der Waals surface area contributed by atoms with Crippen molar-refractivity contribution in [1.82, 2.24) is 4.90 Å². The molecule has 17 heavy (non-hydrogen) atoms. The van der Waals surface area contributed by atoms with Crippen molar-refractivity contribution in [1.29, 1.82) is 0 Å². The summed E-state index contributed by atoms with van der Waals surface area (Å²) in [7, 11) is 2.26. The van der Waals surface area contributed by atoms with Gasteiger partial charge < -0.3 is 4.90 Å². The van der Waals surface area contributed by atoms with Crippen molar-refractivity contribution in [3.8, 4) is 0 Å². The normalized spacial score (nSPS) is 16.5. The third kappa shape index (κ3) is 5.63. The molecule has 0 atom stereocenters. The third-order valence-corrected chi connectivity index (χ3v) is 3.42. The monoisotopic (exact) mass is 345 g/mol. The van der Waals surface area contributed by atoms with Gasteiger partial charge in [-0.1, -0.05) is 19.3 Å². The van der Waals surface area contributed by atoms with Crippen LogP contribution in [0, 0.1) is 6.07 Å². The van der Waals surface area contributed by atoms with Crippen LogP contribution in [0.15, 0.2) is 24.3 Å². The van der Waals surface area contributed by atoms with Gasteiger partial charge in [0.05, 0.1) is 0 Å². The van der Waals surface area contributed by atoms with E-state index in [0.29, 0.717) is 0 Å². The molecule has 0 saturated heterocycles. The topological polar surface area (TPSA) is 3.24 Å². The van der Waals surface area contributed by atoms with Gasteiger partial charge in [-0.3, -0.25) is 0 Å². The molecule has 1 nitrogen and oxygen atoms in total. The van der Waals surface area contributed by atoms with Crippen molar-refractivity contribution in [2.75, 3.05) is 7.05 Å². The van der Waals surface area contributed by atoms with Gasteiger partial charge in [0.1, 0.15) is 0 Å². The molecule has 1 fully saturated rings. The predicted octanol–water partition coefficient (Wildman–Crippen LogP) is 4.09. The van der Waals surface area contributed by atoms with Crippen molar-refractivity contribution in [3.05, 3.63) is 35.9 Å². The number of hydrogen-bond acceptors (Lipinski definition) is 1. The van der Waals surface area contributed by atoms with Crippen molar-refractivity contribution in [2.24, 2.45) is 0 Å². The van der Waals surface area contributed by atoms with Crippen molar-refractivity contribution in [3.63, 3.8) is 0 Å². The summed E-state index contributed by atoms with van der Waals surface area (Å²) in [6.45, 7) is 1.08. The van der Waals surface area contributed by atoms with E-state index in [1.54, 1.807) is 0 Å². The van der Waals surface area contributed by atoms with Crippen LogP contribution in [-0.4, -0.2) is 18.0 Å². The van der Waals surface area contributed by atoms with Gasteiger partial charge in [0.25, 0.3) is 0 Å². The Kier molecular flexibility index (Phi) is 8.34. The molecule has 0 spiro atoms. The molecular weight excluding hydrogens is 327 g/mol. The van der Waals surface area contributed by atoms with E-state index in [-0.39, 0.29) is 0 Å². The molecule has 0 aliphatic heterocycles. The zero-order valence-electron chi connectivity index (χ0n) is 10.7. The zero-order valence-corrected chi connectivity index (χ0v) is 15.2. The fraction of sp³-hybridized carbons (Fsp3) is 0.571. The van der Waals surface area contributed by atoms with Crippen molar-refractivity contribution < 1.29 is 16.3 Å². The summed E-state index contributed by atoms with van der Waals surface area (Å²) < 4.78 is 0. The van der Waals surface area contributed by atoms with Gasteiger partial charge in [-0.25, -0.2) is 0 Å². The van der Waals surface area contributed by atoms with E-state index < -0.39 is 0 Å². The molecule has 0 N–H and O–H groups in total. The predicted molar refractivity (Wildman–Crippen MR) is 72.5 cm³/mol. The Morgan fingerprint density at radius 2 is 1.82 bits per heavy atom. The molecule has 0 heterocycles. The first-order valence-electron chi connectivity index (χ1n) is 6.28. The molecule has 2 rings (SSSR count).